The lowest BCUT2D eigenvalue weighted by Crippen LogP contribution is -2.30. The molecule has 3 rings (SSSR count). The Kier molecular flexibility index (Phi) is 4.49. The summed E-state index contributed by atoms with van der Waals surface area (Å²) in [5, 5.41) is 5.44. The van der Waals surface area contributed by atoms with Crippen LogP contribution >= 0.6 is 11.6 Å². The Morgan fingerprint density at radius 2 is 1.78 bits per heavy atom. The van der Waals surface area contributed by atoms with Crippen molar-refractivity contribution in [2.24, 2.45) is 0 Å². The summed E-state index contributed by atoms with van der Waals surface area (Å²) in [5.74, 6) is 0.469. The van der Waals surface area contributed by atoms with E-state index < -0.39 is 6.10 Å². The third-order valence-electron chi connectivity index (χ3n) is 3.51. The minimum Gasteiger partial charge on any atom is -0.480 e. The molecule has 0 saturated carbocycles. The molecule has 1 N–H and O–H groups in total. The van der Waals surface area contributed by atoms with E-state index in [0.717, 1.165) is 10.8 Å². The van der Waals surface area contributed by atoms with E-state index >= 15 is 0 Å². The molecule has 0 unspecified atom stereocenters. The second-order valence-corrected chi connectivity index (χ2v) is 5.67. The van der Waals surface area contributed by atoms with Crippen LogP contribution in [-0.2, 0) is 4.79 Å². The van der Waals surface area contributed by atoms with Crippen LogP contribution in [0.2, 0.25) is 5.02 Å². The van der Waals surface area contributed by atoms with Crippen LogP contribution in [0, 0.1) is 0 Å². The van der Waals surface area contributed by atoms with Gasteiger partial charge in [-0.1, -0.05) is 54.1 Å². The van der Waals surface area contributed by atoms with E-state index in [1.807, 2.05) is 42.5 Å². The number of hydrogen-bond acceptors (Lipinski definition) is 2. The number of hydrogen-bond donors (Lipinski definition) is 1. The van der Waals surface area contributed by atoms with Crippen molar-refractivity contribution >= 4 is 34.0 Å². The number of carbonyl (C=O) groups excluding carboxylic acids is 1. The van der Waals surface area contributed by atoms with E-state index in [-0.39, 0.29) is 5.91 Å². The molecule has 1 amide bonds. The Morgan fingerprint density at radius 1 is 1.04 bits per heavy atom. The van der Waals surface area contributed by atoms with Crippen LogP contribution in [0.25, 0.3) is 10.8 Å². The molecule has 3 aromatic rings. The number of benzene rings is 3. The highest BCUT2D eigenvalue weighted by Gasteiger charge is 2.16. The Hall–Kier alpha value is -2.52. The molecule has 0 aliphatic carbocycles. The van der Waals surface area contributed by atoms with E-state index in [2.05, 4.69) is 5.32 Å². The molecule has 0 aliphatic heterocycles. The number of nitrogens with one attached hydrogen (secondary N) is 1. The molecule has 0 aliphatic rings. The quantitative estimate of drug-likeness (QED) is 0.741. The summed E-state index contributed by atoms with van der Waals surface area (Å²) in [5.41, 5.74) is 0.649. The summed E-state index contributed by atoms with van der Waals surface area (Å²) >= 11 is 5.92. The van der Waals surface area contributed by atoms with Crippen molar-refractivity contribution in [2.75, 3.05) is 5.32 Å². The molecule has 4 heteroatoms. The normalized spacial score (nSPS) is 11.9. The summed E-state index contributed by atoms with van der Waals surface area (Å²) in [4.78, 5) is 12.3. The van der Waals surface area contributed by atoms with Gasteiger partial charge in [-0.25, -0.2) is 0 Å². The molecule has 23 heavy (non-hydrogen) atoms. The minimum absolute atomic E-state index is 0.222. The van der Waals surface area contributed by atoms with Gasteiger partial charge in [0.15, 0.2) is 6.10 Å². The van der Waals surface area contributed by atoms with Crippen molar-refractivity contribution in [1.82, 2.24) is 0 Å². The van der Waals surface area contributed by atoms with Crippen LogP contribution < -0.4 is 10.1 Å². The van der Waals surface area contributed by atoms with Crippen molar-refractivity contribution < 1.29 is 9.53 Å². The molecule has 0 fully saturated rings. The predicted molar refractivity (Wildman–Crippen MR) is 94.1 cm³/mol. The van der Waals surface area contributed by atoms with Crippen LogP contribution in [0.1, 0.15) is 6.92 Å². The topological polar surface area (TPSA) is 38.3 Å². The minimum atomic E-state index is -0.625. The van der Waals surface area contributed by atoms with E-state index in [0.29, 0.717) is 16.5 Å². The van der Waals surface area contributed by atoms with E-state index in [1.165, 1.54) is 0 Å². The molecule has 0 saturated heterocycles. The molecule has 3 nitrogen and oxygen atoms in total. The summed E-state index contributed by atoms with van der Waals surface area (Å²) in [6.45, 7) is 1.72. The van der Waals surface area contributed by atoms with Gasteiger partial charge in [0.25, 0.3) is 5.91 Å². The molecule has 0 heterocycles. The maximum atomic E-state index is 12.3. The van der Waals surface area contributed by atoms with Gasteiger partial charge < -0.3 is 10.1 Å². The second-order valence-electron chi connectivity index (χ2n) is 5.24. The van der Waals surface area contributed by atoms with Crippen molar-refractivity contribution in [3.63, 3.8) is 0 Å². The molecule has 0 spiro atoms. The van der Waals surface area contributed by atoms with Crippen molar-refractivity contribution in [3.8, 4) is 5.75 Å². The van der Waals surface area contributed by atoms with Gasteiger partial charge in [0.2, 0.25) is 0 Å². The number of halogens is 1. The Balaban J connectivity index is 1.75. The smallest absolute Gasteiger partial charge is 0.265 e. The zero-order valence-corrected chi connectivity index (χ0v) is 13.4. The van der Waals surface area contributed by atoms with Crippen LogP contribution in [-0.4, -0.2) is 12.0 Å². The van der Waals surface area contributed by atoms with Crippen LogP contribution in [0.5, 0.6) is 5.75 Å². The summed E-state index contributed by atoms with van der Waals surface area (Å²) < 4.78 is 5.85. The maximum absolute atomic E-state index is 12.3. The number of anilines is 1. The monoisotopic (exact) mass is 325 g/mol. The Bertz CT molecular complexity index is 842. The van der Waals surface area contributed by atoms with E-state index in [4.69, 9.17) is 16.3 Å². The van der Waals surface area contributed by atoms with Gasteiger partial charge in [0.1, 0.15) is 5.75 Å². The lowest BCUT2D eigenvalue weighted by Gasteiger charge is -2.16. The largest absolute Gasteiger partial charge is 0.480 e. The fourth-order valence-corrected chi connectivity index (χ4v) is 2.54. The van der Waals surface area contributed by atoms with Crippen molar-refractivity contribution in [3.05, 3.63) is 71.8 Å². The summed E-state index contributed by atoms with van der Waals surface area (Å²) in [7, 11) is 0. The van der Waals surface area contributed by atoms with Gasteiger partial charge in [0.05, 0.1) is 0 Å². The van der Waals surface area contributed by atoms with Crippen LogP contribution in [0.3, 0.4) is 0 Å². The first-order valence-corrected chi connectivity index (χ1v) is 7.72. The molecule has 1 atom stereocenters. The standard InChI is InChI=1S/C19H16ClNO2/c1-13(19(22)21-16-9-5-8-15(20)12-16)23-18-11-4-7-14-6-2-3-10-17(14)18/h2-13H,1H3,(H,21,22)/t13-/m0/s1. The third-order valence-corrected chi connectivity index (χ3v) is 3.75. The highest BCUT2D eigenvalue weighted by atomic mass is 35.5. The maximum Gasteiger partial charge on any atom is 0.265 e. The number of carbonyl (C=O) groups is 1. The average Bonchev–Trinajstić information content (AvgIpc) is 2.55. The fourth-order valence-electron chi connectivity index (χ4n) is 2.35. The molecular weight excluding hydrogens is 310 g/mol. The van der Waals surface area contributed by atoms with Crippen LogP contribution in [0.15, 0.2) is 66.7 Å². The Labute approximate surface area is 139 Å². The predicted octanol–water partition coefficient (Wildman–Crippen LogP) is 4.90. The van der Waals surface area contributed by atoms with Crippen molar-refractivity contribution in [1.29, 1.82) is 0 Å². The number of amides is 1. The molecule has 3 aromatic carbocycles. The van der Waals surface area contributed by atoms with Gasteiger partial charge in [-0.15, -0.1) is 0 Å². The second kappa shape index (κ2) is 6.71. The third kappa shape index (κ3) is 3.63. The number of fused-ring (bicyclic) bond motifs is 1. The van der Waals surface area contributed by atoms with E-state index in [9.17, 15) is 4.79 Å². The first-order chi connectivity index (χ1) is 11.1. The highest BCUT2D eigenvalue weighted by molar-refractivity contribution is 6.30. The number of ether oxygens (including phenoxy) is 1. The molecule has 0 bridgehead atoms. The van der Waals surface area contributed by atoms with Gasteiger partial charge in [-0.3, -0.25) is 4.79 Å². The van der Waals surface area contributed by atoms with Gasteiger partial charge >= 0.3 is 0 Å². The zero-order chi connectivity index (χ0) is 16.2. The van der Waals surface area contributed by atoms with Gasteiger partial charge in [0, 0.05) is 16.1 Å². The number of rotatable bonds is 4. The van der Waals surface area contributed by atoms with Crippen LogP contribution in [0.4, 0.5) is 5.69 Å². The average molecular weight is 326 g/mol. The molecular formula is C19H16ClNO2. The first-order valence-electron chi connectivity index (χ1n) is 7.34. The lowest BCUT2D eigenvalue weighted by atomic mass is 10.1. The lowest BCUT2D eigenvalue weighted by molar-refractivity contribution is -0.122. The fraction of sp³-hybridized carbons (Fsp3) is 0.105. The zero-order valence-electron chi connectivity index (χ0n) is 12.6. The van der Waals surface area contributed by atoms with Gasteiger partial charge in [-0.2, -0.15) is 0 Å². The molecule has 0 radical (unpaired) electrons. The first kappa shape index (κ1) is 15.4. The Morgan fingerprint density at radius 3 is 2.61 bits per heavy atom. The molecule has 0 aromatic heterocycles. The highest BCUT2D eigenvalue weighted by Crippen LogP contribution is 2.26. The summed E-state index contributed by atoms with van der Waals surface area (Å²) in [6, 6.07) is 20.7. The SMILES string of the molecule is C[C@H](Oc1cccc2ccccc12)C(=O)Nc1cccc(Cl)c1. The molecule has 116 valence electrons. The summed E-state index contributed by atoms with van der Waals surface area (Å²) in [6.07, 6.45) is -0.625. The van der Waals surface area contributed by atoms with Gasteiger partial charge in [-0.05, 0) is 36.6 Å². The van der Waals surface area contributed by atoms with E-state index in [1.54, 1.807) is 31.2 Å². The van der Waals surface area contributed by atoms with Crippen molar-refractivity contribution in [2.45, 2.75) is 13.0 Å².